The lowest BCUT2D eigenvalue weighted by atomic mass is 9.95. The fraction of sp³-hybridized carbons (Fsp3) is 0.111. The molecule has 3 aromatic rings. The van der Waals surface area contributed by atoms with Gasteiger partial charge in [-0.05, 0) is 24.3 Å². The number of halogens is 2. The van der Waals surface area contributed by atoms with E-state index in [4.69, 9.17) is 23.2 Å². The van der Waals surface area contributed by atoms with E-state index in [-0.39, 0.29) is 5.15 Å². The van der Waals surface area contributed by atoms with E-state index >= 15 is 0 Å². The zero-order valence-electron chi connectivity index (χ0n) is 13.3. The number of nitrogens with zero attached hydrogens (tertiary/aromatic N) is 3. The molecule has 0 saturated carbocycles. The number of alkyl halides is 1. The van der Waals surface area contributed by atoms with E-state index in [9.17, 15) is 9.59 Å². The molecule has 0 spiro atoms. The second-order valence-electron chi connectivity index (χ2n) is 5.79. The van der Waals surface area contributed by atoms with E-state index in [2.05, 4.69) is 15.4 Å². The van der Waals surface area contributed by atoms with Gasteiger partial charge in [0, 0.05) is 28.9 Å². The predicted octanol–water partition coefficient (Wildman–Crippen LogP) is 3.12. The van der Waals surface area contributed by atoms with Crippen LogP contribution in [0.25, 0.3) is 10.9 Å². The normalized spacial score (nSPS) is 19.3. The van der Waals surface area contributed by atoms with Crippen molar-refractivity contribution in [3.63, 3.8) is 0 Å². The van der Waals surface area contributed by atoms with Crippen molar-refractivity contribution < 1.29 is 9.59 Å². The molecular formula is C18H12Cl2N4O2. The summed E-state index contributed by atoms with van der Waals surface area (Å²) >= 11 is 12.5. The highest BCUT2D eigenvalue weighted by Crippen LogP contribution is 2.40. The van der Waals surface area contributed by atoms with Crippen molar-refractivity contribution in [2.75, 3.05) is 0 Å². The number of β-lactam (4-membered cyclic amide) rings is 1. The molecule has 1 aromatic carbocycles. The number of benzene rings is 1. The Morgan fingerprint density at radius 3 is 2.65 bits per heavy atom. The summed E-state index contributed by atoms with van der Waals surface area (Å²) in [5, 5.41) is 1.48. The molecule has 0 bridgehead atoms. The number of aromatic nitrogens is 2. The van der Waals surface area contributed by atoms with Gasteiger partial charge in [0.2, 0.25) is 0 Å². The molecule has 1 N–H and O–H groups in total. The van der Waals surface area contributed by atoms with Crippen LogP contribution in [0.3, 0.4) is 0 Å². The molecule has 1 aliphatic heterocycles. The van der Waals surface area contributed by atoms with Crippen molar-refractivity contribution in [3.05, 3.63) is 71.1 Å². The fourth-order valence-corrected chi connectivity index (χ4v) is 3.48. The van der Waals surface area contributed by atoms with Crippen molar-refractivity contribution in [1.82, 2.24) is 20.4 Å². The van der Waals surface area contributed by atoms with E-state index in [1.165, 1.54) is 17.4 Å². The van der Waals surface area contributed by atoms with Crippen molar-refractivity contribution in [2.24, 2.45) is 0 Å². The summed E-state index contributed by atoms with van der Waals surface area (Å²) in [4.78, 5) is 32.8. The molecule has 2 amide bonds. The first-order valence-corrected chi connectivity index (χ1v) is 8.61. The molecule has 4 rings (SSSR count). The third kappa shape index (κ3) is 2.77. The molecule has 6 nitrogen and oxygen atoms in total. The first-order valence-electron chi connectivity index (χ1n) is 7.79. The summed E-state index contributed by atoms with van der Waals surface area (Å²) in [7, 11) is 0. The van der Waals surface area contributed by atoms with Gasteiger partial charge in [0.15, 0.2) is 0 Å². The molecule has 26 heavy (non-hydrogen) atoms. The van der Waals surface area contributed by atoms with Gasteiger partial charge in [-0.1, -0.05) is 29.8 Å². The average Bonchev–Trinajstić information content (AvgIpc) is 2.68. The minimum atomic E-state index is -0.826. The Morgan fingerprint density at radius 1 is 1.15 bits per heavy atom. The number of carbonyl (C=O) groups is 2. The molecule has 1 saturated heterocycles. The van der Waals surface area contributed by atoms with E-state index in [1.54, 1.807) is 12.1 Å². The molecule has 0 aliphatic carbocycles. The largest absolute Gasteiger partial charge is 0.271 e. The van der Waals surface area contributed by atoms with E-state index in [0.29, 0.717) is 11.1 Å². The Kier molecular flexibility index (Phi) is 4.22. The maximum Gasteiger partial charge on any atom is 0.270 e. The molecule has 0 radical (unpaired) electrons. The molecule has 1 fully saturated rings. The third-order valence-corrected chi connectivity index (χ3v) is 4.94. The van der Waals surface area contributed by atoms with Gasteiger partial charge in [-0.25, -0.2) is 9.99 Å². The Balaban J connectivity index is 1.66. The van der Waals surface area contributed by atoms with Crippen LogP contribution in [0, 0.1) is 0 Å². The lowest BCUT2D eigenvalue weighted by molar-refractivity contribution is -0.149. The summed E-state index contributed by atoms with van der Waals surface area (Å²) in [6.45, 7) is 0. The molecule has 1 aliphatic rings. The van der Waals surface area contributed by atoms with Gasteiger partial charge in [0.05, 0.1) is 5.52 Å². The van der Waals surface area contributed by atoms with E-state index < -0.39 is 23.2 Å². The second-order valence-corrected chi connectivity index (χ2v) is 6.62. The Hall–Kier alpha value is -2.70. The zero-order chi connectivity index (χ0) is 18.3. The summed E-state index contributed by atoms with van der Waals surface area (Å²) in [5.41, 5.74) is 4.29. The highest BCUT2D eigenvalue weighted by Gasteiger charge is 2.49. The van der Waals surface area contributed by atoms with Crippen molar-refractivity contribution in [1.29, 1.82) is 0 Å². The predicted molar refractivity (Wildman–Crippen MR) is 97.7 cm³/mol. The topological polar surface area (TPSA) is 75.2 Å². The SMILES string of the molecule is O=C(NN1C(=O)C(Cl)C1c1cc2ccccc2nc1Cl)c1ccncc1. The van der Waals surface area contributed by atoms with Crippen molar-refractivity contribution >= 4 is 45.9 Å². The highest BCUT2D eigenvalue weighted by atomic mass is 35.5. The number of para-hydroxylation sites is 1. The summed E-state index contributed by atoms with van der Waals surface area (Å²) in [5.74, 6) is -0.831. The first kappa shape index (κ1) is 16.8. The van der Waals surface area contributed by atoms with E-state index in [0.717, 1.165) is 10.9 Å². The number of amides is 2. The van der Waals surface area contributed by atoms with Crippen LogP contribution in [0.2, 0.25) is 5.15 Å². The minimum absolute atomic E-state index is 0.245. The molecule has 2 atom stereocenters. The number of nitrogens with one attached hydrogen (secondary N) is 1. The maximum atomic E-state index is 12.3. The molecule has 130 valence electrons. The zero-order valence-corrected chi connectivity index (χ0v) is 14.8. The number of rotatable bonds is 3. The van der Waals surface area contributed by atoms with Crippen molar-refractivity contribution in [2.45, 2.75) is 11.4 Å². The monoisotopic (exact) mass is 386 g/mol. The highest BCUT2D eigenvalue weighted by molar-refractivity contribution is 6.35. The van der Waals surface area contributed by atoms with Gasteiger partial charge in [0.25, 0.3) is 11.8 Å². The Bertz CT molecular complexity index is 1010. The van der Waals surface area contributed by atoms with Crippen LogP contribution in [-0.2, 0) is 4.79 Å². The van der Waals surface area contributed by atoms with Gasteiger partial charge < -0.3 is 0 Å². The first-order chi connectivity index (χ1) is 12.6. The lowest BCUT2D eigenvalue weighted by Crippen LogP contribution is -2.63. The number of hydrogen-bond acceptors (Lipinski definition) is 4. The van der Waals surface area contributed by atoms with Crippen LogP contribution in [0.5, 0.6) is 0 Å². The van der Waals surface area contributed by atoms with Gasteiger partial charge in [-0.15, -0.1) is 11.6 Å². The van der Waals surface area contributed by atoms with Crippen LogP contribution in [0.1, 0.15) is 22.0 Å². The standard InChI is InChI=1S/C18H12Cl2N4O2/c19-14-15(12-9-11-3-1-2-4-13(11)22-16(12)20)24(18(14)26)23-17(25)10-5-7-21-8-6-10/h1-9,14-15H,(H,23,25). The summed E-state index contributed by atoms with van der Waals surface area (Å²) < 4.78 is 0. The Labute approximate surface area is 158 Å². The van der Waals surface area contributed by atoms with Crippen LogP contribution in [-0.4, -0.2) is 32.2 Å². The number of fused-ring (bicyclic) bond motifs is 1. The van der Waals surface area contributed by atoms with Crippen LogP contribution < -0.4 is 5.43 Å². The Morgan fingerprint density at radius 2 is 1.88 bits per heavy atom. The third-order valence-electron chi connectivity index (χ3n) is 4.22. The van der Waals surface area contributed by atoms with Crippen molar-refractivity contribution in [3.8, 4) is 0 Å². The second kappa shape index (κ2) is 6.55. The van der Waals surface area contributed by atoms with Gasteiger partial charge in [0.1, 0.15) is 16.6 Å². The van der Waals surface area contributed by atoms with Crippen LogP contribution in [0.15, 0.2) is 54.9 Å². The molecular weight excluding hydrogens is 375 g/mol. The lowest BCUT2D eigenvalue weighted by Gasteiger charge is -2.44. The van der Waals surface area contributed by atoms with Gasteiger partial charge in [-0.3, -0.25) is 20.0 Å². The van der Waals surface area contributed by atoms with Gasteiger partial charge >= 0.3 is 0 Å². The fourth-order valence-electron chi connectivity index (χ4n) is 2.87. The number of pyridine rings is 2. The molecule has 3 heterocycles. The number of hydrazine groups is 1. The number of hydrogen-bond donors (Lipinski definition) is 1. The average molecular weight is 387 g/mol. The molecule has 2 unspecified atom stereocenters. The quantitative estimate of drug-likeness (QED) is 0.426. The van der Waals surface area contributed by atoms with E-state index in [1.807, 2.05) is 30.3 Å². The van der Waals surface area contributed by atoms with Crippen LogP contribution >= 0.6 is 23.2 Å². The van der Waals surface area contributed by atoms with Crippen LogP contribution in [0.4, 0.5) is 0 Å². The van der Waals surface area contributed by atoms with Gasteiger partial charge in [-0.2, -0.15) is 0 Å². The molecule has 2 aromatic heterocycles. The summed E-state index contributed by atoms with van der Waals surface area (Å²) in [6, 6.07) is 11.8. The summed E-state index contributed by atoms with van der Waals surface area (Å²) in [6.07, 6.45) is 3.00. The number of carbonyl (C=O) groups excluding carboxylic acids is 2. The smallest absolute Gasteiger partial charge is 0.270 e. The maximum absolute atomic E-state index is 12.3. The minimum Gasteiger partial charge on any atom is -0.271 e. The molecule has 8 heteroatoms.